The zero-order valence-electron chi connectivity index (χ0n) is 11.4. The molecule has 1 saturated heterocycles. The van der Waals surface area contributed by atoms with Crippen molar-refractivity contribution in [3.05, 3.63) is 35.9 Å². The first-order chi connectivity index (χ1) is 10.3. The maximum Gasteiger partial charge on any atom is 0.410 e. The number of aliphatic carboxylic acids is 1. The lowest BCUT2D eigenvalue weighted by Crippen LogP contribution is -2.49. The molecule has 0 aromatic heterocycles. The van der Waals surface area contributed by atoms with Crippen LogP contribution < -0.4 is 0 Å². The highest BCUT2D eigenvalue weighted by Crippen LogP contribution is 2.37. The van der Waals surface area contributed by atoms with Crippen LogP contribution in [0.5, 0.6) is 0 Å². The summed E-state index contributed by atoms with van der Waals surface area (Å²) in [6.45, 7) is -0.465. The number of hydrogen-bond acceptors (Lipinski definition) is 3. The monoisotopic (exact) mass is 317 g/mol. The Bertz CT molecular complexity index is 547. The number of benzene rings is 1. The minimum atomic E-state index is -4.81. The molecule has 0 bridgehead atoms. The van der Waals surface area contributed by atoms with E-state index in [0.29, 0.717) is 10.5 Å². The molecule has 1 aliphatic rings. The second kappa shape index (κ2) is 6.25. The molecule has 0 saturated carbocycles. The van der Waals surface area contributed by atoms with Crippen molar-refractivity contribution in [1.29, 1.82) is 0 Å². The third-order valence-electron chi connectivity index (χ3n) is 3.49. The van der Waals surface area contributed by atoms with Crippen LogP contribution in [0.25, 0.3) is 0 Å². The van der Waals surface area contributed by atoms with E-state index >= 15 is 0 Å². The number of halogens is 3. The van der Waals surface area contributed by atoms with Gasteiger partial charge in [-0.1, -0.05) is 30.3 Å². The molecule has 2 rings (SSSR count). The van der Waals surface area contributed by atoms with Gasteiger partial charge in [-0.25, -0.2) is 4.79 Å². The van der Waals surface area contributed by atoms with Gasteiger partial charge in [-0.2, -0.15) is 13.2 Å². The van der Waals surface area contributed by atoms with Crippen LogP contribution in [0.2, 0.25) is 0 Å². The van der Waals surface area contributed by atoms with Crippen LogP contribution in [-0.4, -0.2) is 40.8 Å². The molecule has 8 heteroatoms. The second-order valence-electron chi connectivity index (χ2n) is 4.95. The molecule has 22 heavy (non-hydrogen) atoms. The Hall–Kier alpha value is -2.25. The van der Waals surface area contributed by atoms with Crippen LogP contribution in [0.3, 0.4) is 0 Å². The lowest BCUT2D eigenvalue weighted by atomic mass is 10.0. The van der Waals surface area contributed by atoms with Crippen molar-refractivity contribution in [3.63, 3.8) is 0 Å². The summed E-state index contributed by atoms with van der Waals surface area (Å²) in [5, 5.41) is 8.88. The molecule has 0 spiro atoms. The van der Waals surface area contributed by atoms with E-state index in [1.807, 2.05) is 0 Å². The summed E-state index contributed by atoms with van der Waals surface area (Å²) in [5.74, 6) is -3.23. The third-order valence-corrected chi connectivity index (χ3v) is 3.49. The number of carboxylic acids is 1. The van der Waals surface area contributed by atoms with E-state index in [0.717, 1.165) is 0 Å². The van der Waals surface area contributed by atoms with Gasteiger partial charge in [-0.05, 0) is 12.0 Å². The van der Waals surface area contributed by atoms with Gasteiger partial charge in [0.25, 0.3) is 0 Å². The normalized spacial score (nSPS) is 21.7. The molecule has 120 valence electrons. The fourth-order valence-electron chi connectivity index (χ4n) is 2.46. The van der Waals surface area contributed by atoms with E-state index in [1.54, 1.807) is 30.3 Å². The Labute approximate surface area is 124 Å². The number of amides is 1. The summed E-state index contributed by atoms with van der Waals surface area (Å²) in [7, 11) is 0. The minimum absolute atomic E-state index is 0.168. The molecule has 2 atom stereocenters. The molecule has 1 fully saturated rings. The van der Waals surface area contributed by atoms with Crippen molar-refractivity contribution in [2.24, 2.45) is 5.92 Å². The largest absolute Gasteiger partial charge is 0.481 e. The molecule has 1 amide bonds. The predicted octanol–water partition coefficient (Wildman–Crippen LogP) is 2.66. The number of rotatable bonds is 3. The first kappa shape index (κ1) is 16.1. The van der Waals surface area contributed by atoms with Crippen molar-refractivity contribution in [2.45, 2.75) is 25.2 Å². The van der Waals surface area contributed by atoms with Gasteiger partial charge in [-0.15, -0.1) is 0 Å². The van der Waals surface area contributed by atoms with Gasteiger partial charge in [0.1, 0.15) is 12.6 Å². The maximum absolute atomic E-state index is 13.0. The molecule has 5 nitrogen and oxygen atoms in total. The Morgan fingerprint density at radius 3 is 2.45 bits per heavy atom. The summed E-state index contributed by atoms with van der Waals surface area (Å²) < 4.78 is 44.0. The van der Waals surface area contributed by atoms with Crippen molar-refractivity contribution in [2.75, 3.05) is 6.54 Å². The van der Waals surface area contributed by atoms with Crippen LogP contribution in [0.4, 0.5) is 18.0 Å². The minimum Gasteiger partial charge on any atom is -0.481 e. The predicted molar refractivity (Wildman–Crippen MR) is 68.9 cm³/mol. The number of carbonyl (C=O) groups is 2. The summed E-state index contributed by atoms with van der Waals surface area (Å²) in [6, 6.07) is 6.14. The number of carbonyl (C=O) groups excluding carboxylic acids is 1. The molecule has 1 aliphatic heterocycles. The van der Waals surface area contributed by atoms with Gasteiger partial charge >= 0.3 is 18.2 Å². The van der Waals surface area contributed by atoms with E-state index in [2.05, 4.69) is 0 Å². The van der Waals surface area contributed by atoms with Crippen LogP contribution in [0, 0.1) is 5.92 Å². The molecule has 1 aromatic carbocycles. The first-order valence-electron chi connectivity index (χ1n) is 6.57. The van der Waals surface area contributed by atoms with Crippen LogP contribution in [0.1, 0.15) is 12.0 Å². The molecule has 1 aromatic rings. The molecular formula is C14H14F3NO4. The summed E-state index contributed by atoms with van der Waals surface area (Å²) in [5.41, 5.74) is 0.633. The average molecular weight is 317 g/mol. The molecular weight excluding hydrogens is 303 g/mol. The van der Waals surface area contributed by atoms with Crippen LogP contribution in [-0.2, 0) is 16.1 Å². The topological polar surface area (TPSA) is 66.8 Å². The van der Waals surface area contributed by atoms with Gasteiger partial charge in [0.2, 0.25) is 0 Å². The van der Waals surface area contributed by atoms with Gasteiger partial charge < -0.3 is 9.84 Å². The molecule has 1 heterocycles. The lowest BCUT2D eigenvalue weighted by molar-refractivity contribution is -0.188. The van der Waals surface area contributed by atoms with Crippen LogP contribution in [0.15, 0.2) is 30.3 Å². The highest BCUT2D eigenvalue weighted by Gasteiger charge is 2.56. The fourth-order valence-corrected chi connectivity index (χ4v) is 2.46. The number of hydrogen-bond donors (Lipinski definition) is 1. The van der Waals surface area contributed by atoms with Gasteiger partial charge in [0.05, 0.1) is 5.92 Å². The summed E-state index contributed by atoms with van der Waals surface area (Å²) in [6.07, 6.45) is -6.22. The fraction of sp³-hybridized carbons (Fsp3) is 0.429. The third kappa shape index (κ3) is 3.49. The lowest BCUT2D eigenvalue weighted by Gasteiger charge is -2.27. The quantitative estimate of drug-likeness (QED) is 0.931. The summed E-state index contributed by atoms with van der Waals surface area (Å²) >= 11 is 0. The van der Waals surface area contributed by atoms with Gasteiger partial charge in [0.15, 0.2) is 0 Å². The van der Waals surface area contributed by atoms with E-state index in [-0.39, 0.29) is 19.6 Å². The molecule has 2 unspecified atom stereocenters. The smallest absolute Gasteiger partial charge is 0.410 e. The average Bonchev–Trinajstić information content (AvgIpc) is 2.91. The summed E-state index contributed by atoms with van der Waals surface area (Å²) in [4.78, 5) is 23.2. The standard InChI is InChI=1S/C14H14F3NO4/c15-14(16,17)11-10(12(19)20)6-7-18(11)13(21)22-8-9-4-2-1-3-5-9/h1-5,10-11H,6-8H2,(H,19,20). The first-order valence-corrected chi connectivity index (χ1v) is 6.57. The van der Waals surface area contributed by atoms with E-state index in [1.165, 1.54) is 0 Å². The molecule has 0 radical (unpaired) electrons. The number of nitrogens with zero attached hydrogens (tertiary/aromatic N) is 1. The Morgan fingerprint density at radius 2 is 1.91 bits per heavy atom. The van der Waals surface area contributed by atoms with E-state index < -0.39 is 30.2 Å². The SMILES string of the molecule is O=C(O)C1CCN(C(=O)OCc2ccccc2)C1C(F)(F)F. The highest BCUT2D eigenvalue weighted by molar-refractivity contribution is 5.75. The van der Waals surface area contributed by atoms with E-state index in [4.69, 9.17) is 9.84 Å². The second-order valence-corrected chi connectivity index (χ2v) is 4.95. The number of likely N-dealkylation sites (tertiary alicyclic amines) is 1. The van der Waals surface area contributed by atoms with Gasteiger partial charge in [0, 0.05) is 6.54 Å². The maximum atomic E-state index is 13.0. The molecule has 1 N–H and O–H groups in total. The number of alkyl halides is 3. The zero-order chi connectivity index (χ0) is 16.3. The van der Waals surface area contributed by atoms with Crippen molar-refractivity contribution >= 4 is 12.1 Å². The van der Waals surface area contributed by atoms with Crippen molar-refractivity contribution in [3.8, 4) is 0 Å². The van der Waals surface area contributed by atoms with Crippen molar-refractivity contribution in [1.82, 2.24) is 4.90 Å². The number of ether oxygens (including phenoxy) is 1. The highest BCUT2D eigenvalue weighted by atomic mass is 19.4. The van der Waals surface area contributed by atoms with Gasteiger partial charge in [-0.3, -0.25) is 9.69 Å². The van der Waals surface area contributed by atoms with Crippen molar-refractivity contribution < 1.29 is 32.6 Å². The number of carboxylic acid groups (broad SMARTS) is 1. The zero-order valence-corrected chi connectivity index (χ0v) is 11.4. The Morgan fingerprint density at radius 1 is 1.27 bits per heavy atom. The molecule has 0 aliphatic carbocycles. The Kier molecular flexibility index (Phi) is 4.58. The van der Waals surface area contributed by atoms with E-state index in [9.17, 15) is 22.8 Å². The van der Waals surface area contributed by atoms with Crippen LogP contribution >= 0.6 is 0 Å². The Balaban J connectivity index is 2.06.